The maximum atomic E-state index is 14.5. The molecule has 2 amide bonds. The smallest absolute Gasteiger partial charge is 0.306 e. The molecule has 0 saturated carbocycles. The van der Waals surface area contributed by atoms with Crippen LogP contribution in [0.1, 0.15) is 25.7 Å². The van der Waals surface area contributed by atoms with Gasteiger partial charge in [-0.3, -0.25) is 19.7 Å². The summed E-state index contributed by atoms with van der Waals surface area (Å²) in [7, 11) is 0. The van der Waals surface area contributed by atoms with Crippen molar-refractivity contribution in [2.45, 2.75) is 31.7 Å². The van der Waals surface area contributed by atoms with Crippen LogP contribution in [-0.2, 0) is 14.4 Å². The van der Waals surface area contributed by atoms with Gasteiger partial charge in [0, 0.05) is 25.2 Å². The van der Waals surface area contributed by atoms with Gasteiger partial charge >= 0.3 is 5.97 Å². The van der Waals surface area contributed by atoms with Crippen LogP contribution in [0, 0.1) is 11.7 Å². The number of hydrogen-bond acceptors (Lipinski definition) is 5. The zero-order valence-electron chi connectivity index (χ0n) is 14.0. The Morgan fingerprint density at radius 3 is 2.50 bits per heavy atom. The number of anilines is 2. The second-order valence-corrected chi connectivity index (χ2v) is 6.41. The van der Waals surface area contributed by atoms with Crippen LogP contribution >= 0.6 is 12.4 Å². The number of nitrogens with zero attached hydrogens (tertiary/aromatic N) is 1. The largest absolute Gasteiger partial charge is 0.481 e. The molecule has 2 saturated heterocycles. The molecule has 0 radical (unpaired) electrons. The molecule has 0 bridgehead atoms. The summed E-state index contributed by atoms with van der Waals surface area (Å²) in [4.78, 5) is 35.7. The van der Waals surface area contributed by atoms with E-state index < -0.39 is 23.7 Å². The van der Waals surface area contributed by atoms with E-state index in [0.29, 0.717) is 43.7 Å². The van der Waals surface area contributed by atoms with Gasteiger partial charge in [-0.1, -0.05) is 0 Å². The summed E-state index contributed by atoms with van der Waals surface area (Å²) >= 11 is 0. The van der Waals surface area contributed by atoms with Crippen LogP contribution in [-0.4, -0.2) is 42.0 Å². The van der Waals surface area contributed by atoms with Crippen LogP contribution in [0.15, 0.2) is 18.2 Å². The first-order valence-corrected chi connectivity index (χ1v) is 8.31. The van der Waals surface area contributed by atoms with Gasteiger partial charge in [-0.05, 0) is 37.5 Å². The molecule has 0 aromatic heterocycles. The van der Waals surface area contributed by atoms with Crippen molar-refractivity contribution in [1.29, 1.82) is 0 Å². The number of carboxylic acid groups (broad SMARTS) is 1. The molecule has 1 aromatic rings. The zero-order chi connectivity index (χ0) is 18.0. The number of amides is 2. The Kier molecular flexibility index (Phi) is 6.42. The average molecular weight is 386 g/mol. The van der Waals surface area contributed by atoms with Crippen LogP contribution in [0.4, 0.5) is 15.8 Å². The Morgan fingerprint density at radius 2 is 1.92 bits per heavy atom. The predicted molar refractivity (Wildman–Crippen MR) is 96.0 cm³/mol. The minimum atomic E-state index is -0.802. The topological polar surface area (TPSA) is 98.7 Å². The van der Waals surface area contributed by atoms with Gasteiger partial charge in [0.1, 0.15) is 11.9 Å². The average Bonchev–Trinajstić information content (AvgIpc) is 2.58. The second kappa shape index (κ2) is 8.35. The first-order valence-electron chi connectivity index (χ1n) is 8.31. The van der Waals surface area contributed by atoms with Gasteiger partial charge in [0.25, 0.3) is 0 Å². The number of benzene rings is 1. The molecule has 1 atom stereocenters. The molecule has 1 aromatic carbocycles. The molecule has 2 fully saturated rings. The summed E-state index contributed by atoms with van der Waals surface area (Å²) in [5, 5.41) is 14.2. The first-order chi connectivity index (χ1) is 11.9. The molecule has 142 valence electrons. The summed E-state index contributed by atoms with van der Waals surface area (Å²) in [5.74, 6) is -2.30. The fraction of sp³-hybridized carbons (Fsp3) is 0.471. The lowest BCUT2D eigenvalue weighted by molar-refractivity contribution is -0.142. The third-order valence-corrected chi connectivity index (χ3v) is 4.71. The van der Waals surface area contributed by atoms with Crippen molar-refractivity contribution in [3.63, 3.8) is 0 Å². The van der Waals surface area contributed by atoms with Gasteiger partial charge in [0.2, 0.25) is 11.8 Å². The molecule has 3 N–H and O–H groups in total. The summed E-state index contributed by atoms with van der Waals surface area (Å²) in [6.07, 6.45) is 1.61. The highest BCUT2D eigenvalue weighted by molar-refractivity contribution is 6.01. The minimum Gasteiger partial charge on any atom is -0.481 e. The Morgan fingerprint density at radius 1 is 1.23 bits per heavy atom. The number of piperidine rings is 2. The monoisotopic (exact) mass is 385 g/mol. The Balaban J connectivity index is 0.00000243. The number of carbonyl (C=O) groups excluding carboxylic acids is 2. The molecular weight excluding hydrogens is 365 g/mol. The SMILES string of the molecule is Cl.O=C1CCC(Nc2ccc(N3CCC(C(=O)O)CC3)c(F)c2)C(=O)N1. The number of aliphatic carboxylic acids is 1. The lowest BCUT2D eigenvalue weighted by Crippen LogP contribution is -2.47. The molecule has 2 aliphatic heterocycles. The van der Waals surface area contributed by atoms with Crippen molar-refractivity contribution in [1.82, 2.24) is 5.32 Å². The lowest BCUT2D eigenvalue weighted by Gasteiger charge is -2.32. The highest BCUT2D eigenvalue weighted by Crippen LogP contribution is 2.28. The molecule has 0 aliphatic carbocycles. The van der Waals surface area contributed by atoms with E-state index in [4.69, 9.17) is 5.11 Å². The summed E-state index contributed by atoms with van der Waals surface area (Å²) in [6.45, 7) is 0.988. The molecule has 3 rings (SSSR count). The Bertz CT molecular complexity index is 707. The zero-order valence-corrected chi connectivity index (χ0v) is 14.9. The van der Waals surface area contributed by atoms with E-state index in [1.54, 1.807) is 12.1 Å². The van der Waals surface area contributed by atoms with Gasteiger partial charge in [0.05, 0.1) is 11.6 Å². The van der Waals surface area contributed by atoms with Crippen molar-refractivity contribution in [3.8, 4) is 0 Å². The highest BCUT2D eigenvalue weighted by Gasteiger charge is 2.28. The van der Waals surface area contributed by atoms with E-state index in [1.807, 2.05) is 4.90 Å². The number of rotatable bonds is 4. The van der Waals surface area contributed by atoms with Crippen LogP contribution in [0.25, 0.3) is 0 Å². The minimum absolute atomic E-state index is 0. The quantitative estimate of drug-likeness (QED) is 0.683. The van der Waals surface area contributed by atoms with Crippen molar-refractivity contribution in [2.75, 3.05) is 23.3 Å². The fourth-order valence-corrected chi connectivity index (χ4v) is 3.25. The van der Waals surface area contributed by atoms with E-state index in [1.165, 1.54) is 6.07 Å². The number of halogens is 2. The number of carboxylic acids is 1. The van der Waals surface area contributed by atoms with Crippen LogP contribution < -0.4 is 15.5 Å². The number of carbonyl (C=O) groups is 3. The molecule has 2 heterocycles. The third-order valence-electron chi connectivity index (χ3n) is 4.71. The molecular formula is C17H21ClFN3O4. The van der Waals surface area contributed by atoms with E-state index in [0.717, 1.165) is 0 Å². The maximum Gasteiger partial charge on any atom is 0.306 e. The summed E-state index contributed by atoms with van der Waals surface area (Å²) < 4.78 is 14.5. The van der Waals surface area contributed by atoms with Crippen molar-refractivity contribution in [3.05, 3.63) is 24.0 Å². The number of nitrogens with one attached hydrogen (secondary N) is 2. The molecule has 1 unspecified atom stereocenters. The standard InChI is InChI=1S/C17H20FN3O4.ClH/c18-12-9-11(19-13-2-4-15(22)20-16(13)23)1-3-14(12)21-7-5-10(6-8-21)17(24)25;/h1,3,9-10,13,19H,2,4-8H2,(H,24,25)(H,20,22,23);1H. The molecule has 26 heavy (non-hydrogen) atoms. The fourth-order valence-electron chi connectivity index (χ4n) is 3.25. The normalized spacial score (nSPS) is 21.0. The van der Waals surface area contributed by atoms with E-state index >= 15 is 0 Å². The van der Waals surface area contributed by atoms with Crippen molar-refractivity contribution < 1.29 is 23.9 Å². The summed E-state index contributed by atoms with van der Waals surface area (Å²) in [6, 6.07) is 4.08. The van der Waals surface area contributed by atoms with Crippen LogP contribution in [0.2, 0.25) is 0 Å². The van der Waals surface area contributed by atoms with Crippen molar-refractivity contribution >= 4 is 41.6 Å². The summed E-state index contributed by atoms with van der Waals surface area (Å²) in [5.41, 5.74) is 0.897. The Labute approximate surface area is 156 Å². The van der Waals surface area contributed by atoms with Gasteiger partial charge < -0.3 is 15.3 Å². The van der Waals surface area contributed by atoms with E-state index in [9.17, 15) is 18.8 Å². The predicted octanol–water partition coefficient (Wildman–Crippen LogP) is 1.77. The maximum absolute atomic E-state index is 14.5. The molecule has 9 heteroatoms. The third kappa shape index (κ3) is 4.43. The van der Waals surface area contributed by atoms with Crippen LogP contribution in [0.5, 0.6) is 0 Å². The number of hydrogen-bond donors (Lipinski definition) is 3. The van der Waals surface area contributed by atoms with Crippen molar-refractivity contribution in [2.24, 2.45) is 5.92 Å². The number of imide groups is 1. The van der Waals surface area contributed by atoms with Gasteiger partial charge in [-0.2, -0.15) is 0 Å². The van der Waals surface area contributed by atoms with Gasteiger partial charge in [-0.25, -0.2) is 4.39 Å². The molecule has 7 nitrogen and oxygen atoms in total. The lowest BCUT2D eigenvalue weighted by atomic mass is 9.96. The Hall–Kier alpha value is -2.35. The van der Waals surface area contributed by atoms with Gasteiger partial charge in [-0.15, -0.1) is 12.4 Å². The first kappa shape index (κ1) is 20.0. The molecule has 2 aliphatic rings. The van der Waals surface area contributed by atoms with Crippen LogP contribution in [0.3, 0.4) is 0 Å². The second-order valence-electron chi connectivity index (χ2n) is 6.41. The van der Waals surface area contributed by atoms with Gasteiger partial charge in [0.15, 0.2) is 0 Å². The highest BCUT2D eigenvalue weighted by atomic mass is 35.5. The van der Waals surface area contributed by atoms with E-state index in [-0.39, 0.29) is 30.7 Å². The molecule has 0 spiro atoms. The van der Waals surface area contributed by atoms with E-state index in [2.05, 4.69) is 10.6 Å².